The molecular formula is C101H92F10N4O15S. The summed E-state index contributed by atoms with van der Waals surface area (Å²) in [5.74, 6) is -26.0. The first-order chi connectivity index (χ1) is 62.7. The monoisotopic (exact) mass is 1820 g/mol. The number of aldehydes is 1. The van der Waals surface area contributed by atoms with Crippen LogP contribution >= 0.6 is 12.2 Å². The van der Waals surface area contributed by atoms with Crippen LogP contribution in [0.2, 0.25) is 0 Å². The van der Waals surface area contributed by atoms with Gasteiger partial charge in [0.05, 0.1) is 25.9 Å². The van der Waals surface area contributed by atoms with Gasteiger partial charge < -0.3 is 54.0 Å². The molecule has 3 heterocycles. The van der Waals surface area contributed by atoms with E-state index in [9.17, 15) is 74.1 Å². The van der Waals surface area contributed by atoms with Gasteiger partial charge in [0.15, 0.2) is 17.6 Å². The zero-order chi connectivity index (χ0) is 94.1. The standard InChI is InChI=1S/C28H30F2N2O4.C19H16F2N2O3S.C15H14F2O3.C15H14F2O2.C13H10F2O2.C11H8O/c29-28(30,17-19-7-8-20-5-1-2-6-21(20)15-19)27(34)31-23(18-32-11-3-4-12-32)26(33)22-9-10-24-25(16-22)36-14-13-35-24;1-2-25-17(24)19(20,21)16(26-18(27)23-10-9-22-12-23)15-8-7-13-5-3-4-6-14(13)11-15;1-2-20-14(19)15(16,17)13(18)12-8-7-10-5-3-4-6-11(10)9-12;1-2-19-14(18)15(16,17)10-11-7-8-12-5-3-4-6-13(12)9-11;14-13(15,12(16)17)8-9-5-6-10-3-1-2-4-11(10)7-9;12-8-9-5-6-10-3-1-2-4-11(10)7-9/h1-2,5-10,15-16,23,26,33H,3-4,11-14,17-18H2,(H,31,34);3-12,16H,2H2,1H3;3-9,13,18H,2H2,1H3;3-9H,2,10H2,1H3;1-7H,8H2,(H,16,17);1-8H/t23-,26-;;;;;/m1...../s1. The minimum atomic E-state index is -3.97. The van der Waals surface area contributed by atoms with Gasteiger partial charge in [-0.05, 0) is 187 Å². The van der Waals surface area contributed by atoms with Crippen molar-refractivity contribution in [3.05, 3.63) is 331 Å². The molecule has 1 saturated heterocycles. The van der Waals surface area contributed by atoms with E-state index in [0.717, 1.165) is 91.6 Å². The Balaban J connectivity index is 0.000000157. The first-order valence-electron chi connectivity index (χ1n) is 41.7. The summed E-state index contributed by atoms with van der Waals surface area (Å²) in [7, 11) is 0. The zero-order valence-electron chi connectivity index (χ0n) is 71.1. The van der Waals surface area contributed by atoms with E-state index in [1.165, 1.54) is 73.7 Å². The van der Waals surface area contributed by atoms with Gasteiger partial charge in [-0.15, -0.1) is 0 Å². The van der Waals surface area contributed by atoms with Crippen LogP contribution in [0.15, 0.2) is 292 Å². The summed E-state index contributed by atoms with van der Waals surface area (Å²) in [6, 6.07) is 78.6. The van der Waals surface area contributed by atoms with E-state index in [4.69, 9.17) is 31.5 Å². The zero-order valence-corrected chi connectivity index (χ0v) is 71.9. The summed E-state index contributed by atoms with van der Waals surface area (Å²) in [6.07, 6.45) is -0.438. The van der Waals surface area contributed by atoms with Gasteiger partial charge in [-0.1, -0.05) is 243 Å². The average molecular weight is 1820 g/mol. The number of nitrogens with one attached hydrogen (secondary N) is 1. The summed E-state index contributed by atoms with van der Waals surface area (Å²) in [5, 5.41) is 42.4. The highest BCUT2D eigenvalue weighted by atomic mass is 32.1. The van der Waals surface area contributed by atoms with Crippen molar-refractivity contribution >= 4 is 118 Å². The molecule has 16 rings (SSSR count). The van der Waals surface area contributed by atoms with E-state index in [2.05, 4.69) is 29.4 Å². The SMILES string of the molecule is CCOC(=O)C(F)(F)C(O)c1ccc2ccccc2c1.CCOC(=O)C(F)(F)C(OC(=S)n1ccnc1)c1ccc2ccccc2c1.CCOC(=O)C(F)(F)Cc1ccc2ccccc2c1.O=C(N[C@H](CN1CCCC1)[C@H](O)c1ccc2c(c1)OCCO2)C(F)(F)Cc1ccc2ccccc2c1.O=C(O)C(F)(F)Cc1ccc2ccccc2c1.O=Cc1ccc2ccccc2c1. The number of likely N-dealkylation sites (tertiary alicyclic amines) is 1. The van der Waals surface area contributed by atoms with Crippen LogP contribution in [0.5, 0.6) is 11.5 Å². The Morgan fingerprint density at radius 3 is 1.30 bits per heavy atom. The molecule has 19 nitrogen and oxygen atoms in total. The van der Waals surface area contributed by atoms with Crippen LogP contribution in [0.1, 0.15) is 95.7 Å². The second kappa shape index (κ2) is 45.0. The third-order valence-corrected chi connectivity index (χ3v) is 21.3. The Hall–Kier alpha value is -13.7. The molecule has 1 aromatic heterocycles. The highest BCUT2D eigenvalue weighted by molar-refractivity contribution is 7.80. The lowest BCUT2D eigenvalue weighted by Crippen LogP contribution is -2.52. The number of thiocarbonyl (C=S) groups is 1. The van der Waals surface area contributed by atoms with Crippen molar-refractivity contribution in [3.8, 4) is 11.5 Å². The number of benzene rings is 13. The molecule has 0 spiro atoms. The third kappa shape index (κ3) is 26.3. The van der Waals surface area contributed by atoms with E-state index in [-0.39, 0.29) is 42.7 Å². The molecule has 0 bridgehead atoms. The predicted molar refractivity (Wildman–Crippen MR) is 481 cm³/mol. The van der Waals surface area contributed by atoms with Gasteiger partial charge in [0.25, 0.3) is 11.1 Å². The molecule has 4 N–H and O–H groups in total. The molecule has 13 aromatic carbocycles. The first kappa shape index (κ1) is 97.9. The molecule has 131 heavy (non-hydrogen) atoms. The summed E-state index contributed by atoms with van der Waals surface area (Å²) < 4.78 is 172. The number of carbonyl (C=O) groups excluding carboxylic acids is 5. The maximum Gasteiger partial charge on any atom is 0.382 e. The number of fused-ring (bicyclic) bond motifs is 7. The second-order valence-electron chi connectivity index (χ2n) is 30.4. The quantitative estimate of drug-likeness (QED) is 0.0136. The van der Waals surface area contributed by atoms with Gasteiger partial charge in [-0.25, -0.2) is 24.2 Å². The summed E-state index contributed by atoms with van der Waals surface area (Å²) in [6.45, 7) is 6.69. The molecule has 0 radical (unpaired) electrons. The van der Waals surface area contributed by atoms with E-state index in [1.54, 1.807) is 121 Å². The van der Waals surface area contributed by atoms with Gasteiger partial charge in [-0.2, -0.15) is 43.9 Å². The van der Waals surface area contributed by atoms with Crippen molar-refractivity contribution in [2.24, 2.45) is 0 Å². The lowest BCUT2D eigenvalue weighted by molar-refractivity contribution is -0.189. The number of aliphatic hydroxyl groups is 2. The maximum atomic E-state index is 15.1. The molecule has 30 heteroatoms. The van der Waals surface area contributed by atoms with Crippen LogP contribution in [0.3, 0.4) is 0 Å². The number of aliphatic carboxylic acids is 1. The number of ether oxygens (including phenoxy) is 6. The Morgan fingerprint density at radius 1 is 0.458 bits per heavy atom. The predicted octanol–water partition coefficient (Wildman–Crippen LogP) is 20.6. The van der Waals surface area contributed by atoms with Gasteiger partial charge in [0.2, 0.25) is 6.10 Å². The highest BCUT2D eigenvalue weighted by Crippen LogP contribution is 2.40. The number of halogens is 10. The fourth-order valence-corrected chi connectivity index (χ4v) is 14.5. The third-order valence-electron chi connectivity index (χ3n) is 21.0. The first-order valence-corrected chi connectivity index (χ1v) is 42.1. The Bertz CT molecular complexity index is 6300. The fraction of sp³-hybridized carbons (Fsp3) is 0.248. The largest absolute Gasteiger partial charge is 0.486 e. The van der Waals surface area contributed by atoms with E-state index in [0.29, 0.717) is 52.4 Å². The van der Waals surface area contributed by atoms with Crippen LogP contribution in [0.4, 0.5) is 43.9 Å². The smallest absolute Gasteiger partial charge is 0.382 e. The van der Waals surface area contributed by atoms with Crippen molar-refractivity contribution in [1.82, 2.24) is 19.8 Å². The van der Waals surface area contributed by atoms with Gasteiger partial charge in [-0.3, -0.25) is 14.2 Å². The van der Waals surface area contributed by atoms with E-state index >= 15 is 8.78 Å². The molecule has 2 aliphatic rings. The molecule has 2 aliphatic heterocycles. The normalized spacial score (nSPS) is 13.5. The number of amides is 1. The molecule has 0 aliphatic carbocycles. The molecule has 0 saturated carbocycles. The Kier molecular flexibility index (Phi) is 33.7. The van der Waals surface area contributed by atoms with Crippen LogP contribution in [0.25, 0.3) is 64.6 Å². The minimum absolute atomic E-state index is 0.0262. The molecule has 1 fully saturated rings. The lowest BCUT2D eigenvalue weighted by atomic mass is 9.99. The van der Waals surface area contributed by atoms with E-state index < -0.39 is 103 Å². The number of hydrogen-bond donors (Lipinski definition) is 4. The number of aliphatic hydroxyl groups excluding tert-OH is 2. The number of carboxylic acid groups (broad SMARTS) is 1. The van der Waals surface area contributed by atoms with Crippen molar-refractivity contribution in [1.29, 1.82) is 0 Å². The molecule has 682 valence electrons. The fourth-order valence-electron chi connectivity index (χ4n) is 14.3. The number of rotatable bonds is 25. The molecular weight excluding hydrogens is 1730 g/mol. The number of carboxylic acids is 1. The number of aromatic nitrogens is 2. The maximum absolute atomic E-state index is 15.1. The Labute approximate surface area is 752 Å². The van der Waals surface area contributed by atoms with Gasteiger partial charge in [0, 0.05) is 43.8 Å². The van der Waals surface area contributed by atoms with Crippen molar-refractivity contribution in [2.45, 2.75) is 107 Å². The minimum Gasteiger partial charge on any atom is -0.486 e. The van der Waals surface area contributed by atoms with Gasteiger partial charge >= 0.3 is 53.5 Å². The summed E-state index contributed by atoms with van der Waals surface area (Å²) in [5.41, 5.74) is 2.39. The van der Waals surface area contributed by atoms with Crippen molar-refractivity contribution in [2.75, 3.05) is 52.7 Å². The number of nitrogens with zero attached hydrogens (tertiary/aromatic N) is 3. The van der Waals surface area contributed by atoms with Crippen LogP contribution in [0, 0.1) is 0 Å². The Morgan fingerprint density at radius 2 is 0.847 bits per heavy atom. The van der Waals surface area contributed by atoms with Crippen molar-refractivity contribution < 1.29 is 116 Å². The molecule has 14 aromatic rings. The number of esters is 3. The summed E-state index contributed by atoms with van der Waals surface area (Å²) in [4.78, 5) is 73.8. The number of hydrogen-bond acceptors (Lipinski definition) is 17. The van der Waals surface area contributed by atoms with Crippen LogP contribution in [-0.2, 0) is 62.2 Å². The number of imidazole rings is 1. The average Bonchev–Trinajstić information content (AvgIpc) is 1.12. The van der Waals surface area contributed by atoms with Crippen LogP contribution < -0.4 is 14.8 Å². The molecule has 4 atom stereocenters. The summed E-state index contributed by atoms with van der Waals surface area (Å²) >= 11 is 5.08. The highest BCUT2D eigenvalue weighted by Gasteiger charge is 2.53. The molecule has 1 amide bonds. The van der Waals surface area contributed by atoms with Crippen molar-refractivity contribution in [3.63, 3.8) is 0 Å². The number of alkyl halides is 10. The van der Waals surface area contributed by atoms with Crippen LogP contribution in [-0.4, -0.2) is 159 Å². The topological polar surface area (TPSA) is 252 Å². The van der Waals surface area contributed by atoms with Gasteiger partial charge in [0.1, 0.15) is 31.9 Å². The second-order valence-corrected chi connectivity index (χ2v) is 30.8. The molecule has 2 unspecified atom stereocenters. The lowest BCUT2D eigenvalue weighted by Gasteiger charge is -2.30. The van der Waals surface area contributed by atoms with E-state index in [1.807, 2.05) is 127 Å². The number of carbonyl (C=O) groups is 6.